The lowest BCUT2D eigenvalue weighted by Gasteiger charge is -2.21. The summed E-state index contributed by atoms with van der Waals surface area (Å²) in [6, 6.07) is 1.69. The van der Waals surface area contributed by atoms with E-state index in [2.05, 4.69) is 27.7 Å². The second-order valence-electron chi connectivity index (χ2n) is 7.57. The predicted octanol–water partition coefficient (Wildman–Crippen LogP) is 3.77. The number of hydrogen-bond acceptors (Lipinski definition) is 4. The number of aryl methyl sites for hydroxylation is 1. The van der Waals surface area contributed by atoms with Gasteiger partial charge >= 0.3 is 6.03 Å². The SMILES string of the molecule is CN(Cc1noc2c1CCCC2)C(=O)Nc1ccnn1C[C@@H]1CC=CCC1. The Morgan fingerprint density at radius 2 is 2.26 bits per heavy atom. The van der Waals surface area contributed by atoms with Crippen molar-refractivity contribution in [2.75, 3.05) is 12.4 Å². The molecule has 2 aliphatic carbocycles. The lowest BCUT2D eigenvalue weighted by molar-refractivity contribution is 0.219. The molecule has 0 fully saturated rings. The third kappa shape index (κ3) is 4.07. The number of carbonyl (C=O) groups is 1. The van der Waals surface area contributed by atoms with Gasteiger partial charge in [0.15, 0.2) is 0 Å². The van der Waals surface area contributed by atoms with Gasteiger partial charge in [0.25, 0.3) is 0 Å². The van der Waals surface area contributed by atoms with Crippen LogP contribution < -0.4 is 5.32 Å². The first kappa shape index (κ1) is 17.8. The van der Waals surface area contributed by atoms with Gasteiger partial charge < -0.3 is 9.42 Å². The second kappa shape index (κ2) is 7.98. The molecule has 0 spiro atoms. The summed E-state index contributed by atoms with van der Waals surface area (Å²) in [6.07, 6.45) is 13.8. The van der Waals surface area contributed by atoms with Gasteiger partial charge in [0, 0.05) is 31.6 Å². The van der Waals surface area contributed by atoms with Crippen LogP contribution in [0.25, 0.3) is 0 Å². The number of urea groups is 1. The molecule has 2 aromatic heterocycles. The molecule has 2 heterocycles. The number of hydrogen-bond donors (Lipinski definition) is 1. The fourth-order valence-electron chi connectivity index (χ4n) is 3.93. The highest BCUT2D eigenvalue weighted by molar-refractivity contribution is 5.88. The highest BCUT2D eigenvalue weighted by atomic mass is 16.5. The van der Waals surface area contributed by atoms with Crippen molar-refractivity contribution in [3.63, 3.8) is 0 Å². The van der Waals surface area contributed by atoms with E-state index in [9.17, 15) is 4.79 Å². The van der Waals surface area contributed by atoms with Crippen LogP contribution >= 0.6 is 0 Å². The first-order valence-electron chi connectivity index (χ1n) is 9.86. The molecule has 0 unspecified atom stereocenters. The standard InChI is InChI=1S/C20H27N5O2/c1-24(14-17-16-9-5-6-10-18(16)27-23-17)20(26)22-19-11-12-21-25(19)13-15-7-3-2-4-8-15/h2-3,11-12,15H,4-10,13-14H2,1H3,(H,22,26)/t15-/m1/s1. The van der Waals surface area contributed by atoms with Crippen molar-refractivity contribution in [2.45, 2.75) is 58.0 Å². The van der Waals surface area contributed by atoms with E-state index in [4.69, 9.17) is 4.52 Å². The Morgan fingerprint density at radius 1 is 1.37 bits per heavy atom. The zero-order valence-corrected chi connectivity index (χ0v) is 15.9. The fraction of sp³-hybridized carbons (Fsp3) is 0.550. The number of fused-ring (bicyclic) bond motifs is 1. The van der Waals surface area contributed by atoms with Crippen LogP contribution in [0.15, 0.2) is 28.9 Å². The van der Waals surface area contributed by atoms with Crippen molar-refractivity contribution in [2.24, 2.45) is 5.92 Å². The molecule has 0 bridgehead atoms. The van der Waals surface area contributed by atoms with Crippen LogP contribution in [0, 0.1) is 5.92 Å². The van der Waals surface area contributed by atoms with Crippen LogP contribution in [0.2, 0.25) is 0 Å². The molecule has 27 heavy (non-hydrogen) atoms. The quantitative estimate of drug-likeness (QED) is 0.814. The van der Waals surface area contributed by atoms with Crippen LogP contribution in [0.5, 0.6) is 0 Å². The van der Waals surface area contributed by atoms with Crippen molar-refractivity contribution in [3.05, 3.63) is 41.4 Å². The van der Waals surface area contributed by atoms with Crippen LogP contribution in [-0.2, 0) is 25.9 Å². The topological polar surface area (TPSA) is 76.2 Å². The molecule has 0 aromatic carbocycles. The van der Waals surface area contributed by atoms with Crippen LogP contribution in [0.3, 0.4) is 0 Å². The average Bonchev–Trinajstić information content (AvgIpc) is 3.30. The monoisotopic (exact) mass is 369 g/mol. The molecule has 0 saturated heterocycles. The molecule has 4 rings (SSSR count). The van der Waals surface area contributed by atoms with Gasteiger partial charge in [0.05, 0.1) is 12.7 Å². The second-order valence-corrected chi connectivity index (χ2v) is 7.57. The van der Waals surface area contributed by atoms with Crippen LogP contribution in [0.1, 0.15) is 49.1 Å². The number of rotatable bonds is 5. The molecule has 7 nitrogen and oxygen atoms in total. The van der Waals surface area contributed by atoms with Gasteiger partial charge in [-0.3, -0.25) is 5.32 Å². The van der Waals surface area contributed by atoms with E-state index in [-0.39, 0.29) is 6.03 Å². The number of amides is 2. The summed E-state index contributed by atoms with van der Waals surface area (Å²) >= 11 is 0. The highest BCUT2D eigenvalue weighted by Crippen LogP contribution is 2.25. The smallest absolute Gasteiger partial charge is 0.323 e. The lowest BCUT2D eigenvalue weighted by atomic mass is 9.94. The Labute approximate surface area is 159 Å². The zero-order valence-electron chi connectivity index (χ0n) is 15.9. The van der Waals surface area contributed by atoms with Crippen molar-refractivity contribution in [3.8, 4) is 0 Å². The molecular formula is C20H27N5O2. The van der Waals surface area contributed by atoms with Crippen LogP contribution in [-0.4, -0.2) is 32.9 Å². The summed E-state index contributed by atoms with van der Waals surface area (Å²) in [5.41, 5.74) is 2.07. The summed E-state index contributed by atoms with van der Waals surface area (Å²) < 4.78 is 7.35. The minimum absolute atomic E-state index is 0.159. The zero-order chi connectivity index (χ0) is 18.6. The maximum absolute atomic E-state index is 12.7. The van der Waals surface area contributed by atoms with E-state index in [1.165, 1.54) is 12.0 Å². The minimum Gasteiger partial charge on any atom is -0.361 e. The Balaban J connectivity index is 1.37. The van der Waals surface area contributed by atoms with Gasteiger partial charge in [-0.05, 0) is 44.4 Å². The van der Waals surface area contributed by atoms with E-state index in [1.807, 2.05) is 10.7 Å². The summed E-state index contributed by atoms with van der Waals surface area (Å²) in [4.78, 5) is 14.3. The number of nitrogens with zero attached hydrogens (tertiary/aromatic N) is 4. The molecule has 2 aromatic rings. The predicted molar refractivity (Wildman–Crippen MR) is 102 cm³/mol. The molecule has 144 valence electrons. The van der Waals surface area contributed by atoms with Crippen molar-refractivity contribution in [1.82, 2.24) is 19.8 Å². The molecule has 0 radical (unpaired) electrons. The third-order valence-electron chi connectivity index (χ3n) is 5.53. The van der Waals surface area contributed by atoms with E-state index in [0.29, 0.717) is 12.5 Å². The summed E-state index contributed by atoms with van der Waals surface area (Å²) in [6.45, 7) is 1.28. The number of aromatic nitrogens is 3. The first-order valence-corrected chi connectivity index (χ1v) is 9.86. The third-order valence-corrected chi connectivity index (χ3v) is 5.53. The Morgan fingerprint density at radius 3 is 3.11 bits per heavy atom. The Bertz CT molecular complexity index is 822. The number of carbonyl (C=O) groups excluding carboxylic acids is 1. The Hall–Kier alpha value is -2.57. The molecule has 1 atom stereocenters. The first-order chi connectivity index (χ1) is 13.2. The normalized spacial score (nSPS) is 18.9. The van der Waals surface area contributed by atoms with Crippen molar-refractivity contribution < 1.29 is 9.32 Å². The summed E-state index contributed by atoms with van der Waals surface area (Å²) in [7, 11) is 1.78. The molecule has 0 saturated carbocycles. The number of allylic oxidation sites excluding steroid dienone is 2. The maximum atomic E-state index is 12.7. The maximum Gasteiger partial charge on any atom is 0.323 e. The largest absolute Gasteiger partial charge is 0.361 e. The molecule has 0 aliphatic heterocycles. The van der Waals surface area contributed by atoms with Gasteiger partial charge in [-0.15, -0.1) is 0 Å². The van der Waals surface area contributed by atoms with Gasteiger partial charge in [0.1, 0.15) is 17.3 Å². The van der Waals surface area contributed by atoms with E-state index >= 15 is 0 Å². The van der Waals surface area contributed by atoms with E-state index in [0.717, 1.165) is 62.3 Å². The minimum atomic E-state index is -0.159. The fourth-order valence-corrected chi connectivity index (χ4v) is 3.93. The number of nitrogens with one attached hydrogen (secondary N) is 1. The molecule has 2 aliphatic rings. The van der Waals surface area contributed by atoms with E-state index < -0.39 is 0 Å². The summed E-state index contributed by atoms with van der Waals surface area (Å²) in [5, 5.41) is 11.6. The van der Waals surface area contributed by atoms with Crippen molar-refractivity contribution in [1.29, 1.82) is 0 Å². The van der Waals surface area contributed by atoms with E-state index in [1.54, 1.807) is 18.1 Å². The average molecular weight is 369 g/mol. The van der Waals surface area contributed by atoms with Gasteiger partial charge in [-0.2, -0.15) is 5.10 Å². The molecular weight excluding hydrogens is 342 g/mol. The number of anilines is 1. The summed E-state index contributed by atoms with van der Waals surface area (Å²) in [5.74, 6) is 2.30. The van der Waals surface area contributed by atoms with Gasteiger partial charge in [0.2, 0.25) is 0 Å². The highest BCUT2D eigenvalue weighted by Gasteiger charge is 2.22. The molecule has 2 amide bonds. The Kier molecular flexibility index (Phi) is 5.27. The van der Waals surface area contributed by atoms with Crippen LogP contribution in [0.4, 0.5) is 10.6 Å². The lowest BCUT2D eigenvalue weighted by Crippen LogP contribution is -2.32. The molecule has 1 N–H and O–H groups in total. The van der Waals surface area contributed by atoms with Gasteiger partial charge in [-0.1, -0.05) is 17.3 Å². The van der Waals surface area contributed by atoms with Crippen molar-refractivity contribution >= 4 is 11.8 Å². The molecule has 7 heteroatoms. The van der Waals surface area contributed by atoms with Gasteiger partial charge in [-0.25, -0.2) is 9.48 Å².